The van der Waals surface area contributed by atoms with Crippen molar-refractivity contribution in [3.63, 3.8) is 0 Å². The number of amides is 2. The van der Waals surface area contributed by atoms with Gasteiger partial charge in [0.2, 0.25) is 11.8 Å². The van der Waals surface area contributed by atoms with Crippen LogP contribution >= 0.6 is 0 Å². The average molecular weight is 786 g/mol. The van der Waals surface area contributed by atoms with Crippen LogP contribution in [0.3, 0.4) is 0 Å². The Morgan fingerprint density at radius 3 is 2.16 bits per heavy atom. The zero-order chi connectivity index (χ0) is 41.6. The number of H-pyrrole nitrogens is 1. The summed E-state index contributed by atoms with van der Waals surface area (Å²) in [5.74, 6) is -5.25. The van der Waals surface area contributed by atoms with Crippen molar-refractivity contribution in [2.24, 2.45) is 35.3 Å². The Hall–Kier alpha value is -5.17. The highest BCUT2D eigenvalue weighted by atomic mass is 16.4. The molecule has 0 saturated carbocycles. The molecule has 7 atom stereocenters. The van der Waals surface area contributed by atoms with Crippen LogP contribution in [0.25, 0.3) is 0 Å². The molecule has 1 aliphatic heterocycles. The second kappa shape index (κ2) is 21.4. The summed E-state index contributed by atoms with van der Waals surface area (Å²) in [6.07, 6.45) is 4.81. The third-order valence-electron chi connectivity index (χ3n) is 11.2. The normalized spacial score (nSPS) is 17.3. The SMILES string of the molecule is CCC(C)C(NC(=O)C(CC(=O)C(N)C(C)C)Cc1ccc(O)cc1)C(=O)CC(Cc1cnc[nH]1)C(=O)N1CCCC1C(=O)CC(CC(=O)O)Cc1ccccc1. The lowest BCUT2D eigenvalue weighted by molar-refractivity contribution is -0.143. The molecule has 0 spiro atoms. The van der Waals surface area contributed by atoms with E-state index in [0.717, 1.165) is 11.1 Å². The number of nitrogens with two attached hydrogens (primary N) is 1. The Labute approximate surface area is 335 Å². The maximum atomic E-state index is 14.5. The number of aromatic nitrogens is 2. The van der Waals surface area contributed by atoms with E-state index in [0.29, 0.717) is 37.9 Å². The van der Waals surface area contributed by atoms with Gasteiger partial charge in [0.15, 0.2) is 17.3 Å². The third kappa shape index (κ3) is 13.2. The highest BCUT2D eigenvalue weighted by Gasteiger charge is 2.40. The van der Waals surface area contributed by atoms with E-state index in [2.05, 4.69) is 15.3 Å². The van der Waals surface area contributed by atoms with Crippen molar-refractivity contribution in [1.82, 2.24) is 20.2 Å². The molecule has 6 N–H and O–H groups in total. The summed E-state index contributed by atoms with van der Waals surface area (Å²) in [7, 11) is 0. The fourth-order valence-corrected chi connectivity index (χ4v) is 7.68. The molecular weight excluding hydrogens is 727 g/mol. The lowest BCUT2D eigenvalue weighted by Crippen LogP contribution is -2.50. The summed E-state index contributed by atoms with van der Waals surface area (Å²) in [5.41, 5.74) is 8.45. The number of rotatable bonds is 23. The number of Topliss-reactive ketones (excluding diaryl/α,β-unsaturated/α-hetero) is 3. The van der Waals surface area contributed by atoms with Crippen molar-refractivity contribution in [2.45, 2.75) is 110 Å². The molecule has 308 valence electrons. The summed E-state index contributed by atoms with van der Waals surface area (Å²) in [4.78, 5) is 90.4. The van der Waals surface area contributed by atoms with Crippen LogP contribution in [-0.4, -0.2) is 84.9 Å². The van der Waals surface area contributed by atoms with E-state index >= 15 is 0 Å². The number of hydrogen-bond donors (Lipinski definition) is 5. The molecule has 0 radical (unpaired) electrons. The Morgan fingerprint density at radius 2 is 1.54 bits per heavy atom. The number of carboxylic acids is 1. The molecule has 2 heterocycles. The van der Waals surface area contributed by atoms with Gasteiger partial charge in [-0.3, -0.25) is 28.8 Å². The molecule has 0 bridgehead atoms. The highest BCUT2D eigenvalue weighted by Crippen LogP contribution is 2.28. The van der Waals surface area contributed by atoms with Crippen molar-refractivity contribution in [3.05, 3.63) is 83.9 Å². The van der Waals surface area contributed by atoms with Crippen LogP contribution in [0.5, 0.6) is 5.75 Å². The molecule has 1 aliphatic rings. The van der Waals surface area contributed by atoms with Crippen LogP contribution in [0.1, 0.15) is 89.5 Å². The van der Waals surface area contributed by atoms with Gasteiger partial charge in [-0.05, 0) is 66.7 Å². The number of aromatic amines is 1. The van der Waals surface area contributed by atoms with Gasteiger partial charge in [0.25, 0.3) is 0 Å². The summed E-state index contributed by atoms with van der Waals surface area (Å²) in [6.45, 7) is 7.74. The van der Waals surface area contributed by atoms with Gasteiger partial charge in [-0.2, -0.15) is 0 Å². The molecule has 4 rings (SSSR count). The van der Waals surface area contributed by atoms with E-state index in [1.54, 1.807) is 23.2 Å². The van der Waals surface area contributed by atoms with Crippen molar-refractivity contribution in [2.75, 3.05) is 6.54 Å². The Balaban J connectivity index is 1.55. The fourth-order valence-electron chi connectivity index (χ4n) is 7.68. The standard InChI is InChI=1S/C44H59N5O8/c1-5-28(4)42(48-43(56)32(23-38(52)41(45)27(2)3)19-30-13-15-35(50)16-14-30)39(53)24-33(22-34-25-46-26-47-34)44(57)49-17-9-12-36(49)37(51)20-31(21-40(54)55)18-29-10-7-6-8-11-29/h6-8,10-11,13-16,25-28,31-33,36,41-42,50H,5,9,12,17-24,45H2,1-4H3,(H,46,47)(H,48,56)(H,54,55). The molecule has 1 aromatic heterocycles. The lowest BCUT2D eigenvalue weighted by Gasteiger charge is -2.31. The minimum atomic E-state index is -0.999. The molecular formula is C44H59N5O8. The maximum Gasteiger partial charge on any atom is 0.303 e. The number of phenols is 1. The number of ketones is 3. The molecule has 1 fully saturated rings. The number of aliphatic carboxylic acids is 1. The molecule has 1 saturated heterocycles. The number of carbonyl (C=O) groups excluding carboxylic acids is 5. The number of imidazole rings is 1. The first-order valence-corrected chi connectivity index (χ1v) is 20.1. The Morgan fingerprint density at radius 1 is 0.877 bits per heavy atom. The smallest absolute Gasteiger partial charge is 0.303 e. The Kier molecular flexibility index (Phi) is 16.7. The number of carbonyl (C=O) groups is 6. The van der Waals surface area contributed by atoms with Crippen molar-refractivity contribution in [3.8, 4) is 5.75 Å². The van der Waals surface area contributed by atoms with Crippen LogP contribution in [-0.2, 0) is 48.0 Å². The molecule has 0 aliphatic carbocycles. The van der Waals surface area contributed by atoms with Crippen LogP contribution in [0, 0.1) is 29.6 Å². The first-order chi connectivity index (χ1) is 27.2. The summed E-state index contributed by atoms with van der Waals surface area (Å²) >= 11 is 0. The van der Waals surface area contributed by atoms with E-state index in [9.17, 15) is 39.0 Å². The minimum absolute atomic E-state index is 0.00219. The summed E-state index contributed by atoms with van der Waals surface area (Å²) in [6, 6.07) is 13.3. The minimum Gasteiger partial charge on any atom is -0.508 e. The molecule has 13 heteroatoms. The van der Waals surface area contributed by atoms with E-state index in [1.165, 1.54) is 18.5 Å². The molecule has 2 amide bonds. The van der Waals surface area contributed by atoms with Crippen molar-refractivity contribution >= 4 is 35.1 Å². The van der Waals surface area contributed by atoms with E-state index < -0.39 is 47.8 Å². The van der Waals surface area contributed by atoms with Gasteiger partial charge in [0.1, 0.15) is 5.75 Å². The number of phenolic OH excluding ortho intramolecular Hbond substituents is 1. The quantitative estimate of drug-likeness (QED) is 0.0882. The van der Waals surface area contributed by atoms with E-state index in [4.69, 9.17) is 5.73 Å². The third-order valence-corrected chi connectivity index (χ3v) is 11.2. The van der Waals surface area contributed by atoms with Gasteiger partial charge in [-0.15, -0.1) is 0 Å². The van der Waals surface area contributed by atoms with Crippen molar-refractivity contribution in [1.29, 1.82) is 0 Å². The van der Waals surface area contributed by atoms with Crippen LogP contribution < -0.4 is 11.1 Å². The lowest BCUT2D eigenvalue weighted by atomic mass is 9.85. The number of nitrogens with zero attached hydrogens (tertiary/aromatic N) is 2. The van der Waals surface area contributed by atoms with Gasteiger partial charge in [-0.25, -0.2) is 4.98 Å². The molecule has 7 unspecified atom stereocenters. The Bertz CT molecular complexity index is 1800. The predicted octanol–water partition coefficient (Wildman–Crippen LogP) is 4.85. The summed E-state index contributed by atoms with van der Waals surface area (Å²) in [5, 5.41) is 22.4. The van der Waals surface area contributed by atoms with Crippen LogP contribution in [0.15, 0.2) is 67.1 Å². The number of aromatic hydroxyl groups is 1. The fraction of sp³-hybridized carbons (Fsp3) is 0.523. The predicted molar refractivity (Wildman–Crippen MR) is 215 cm³/mol. The highest BCUT2D eigenvalue weighted by molar-refractivity contribution is 5.96. The first kappa shape index (κ1) is 44.5. The number of nitrogens with one attached hydrogen (secondary N) is 2. The van der Waals surface area contributed by atoms with Gasteiger partial charge in [0.05, 0.1) is 30.4 Å². The van der Waals surface area contributed by atoms with Gasteiger partial charge < -0.3 is 31.1 Å². The second-order valence-corrected chi connectivity index (χ2v) is 16.0. The molecule has 13 nitrogen and oxygen atoms in total. The molecule has 2 aromatic carbocycles. The topological polar surface area (TPSA) is 213 Å². The molecule has 57 heavy (non-hydrogen) atoms. The molecule has 3 aromatic rings. The largest absolute Gasteiger partial charge is 0.508 e. The van der Waals surface area contributed by atoms with E-state index in [1.807, 2.05) is 58.0 Å². The monoisotopic (exact) mass is 785 g/mol. The van der Waals surface area contributed by atoms with Crippen LogP contribution in [0.4, 0.5) is 0 Å². The maximum absolute atomic E-state index is 14.5. The van der Waals surface area contributed by atoms with Crippen molar-refractivity contribution < 1.29 is 39.0 Å². The zero-order valence-corrected chi connectivity index (χ0v) is 33.6. The number of likely N-dealkylation sites (tertiary alicyclic amines) is 1. The van der Waals surface area contributed by atoms with Gasteiger partial charge in [0, 0.05) is 56.5 Å². The van der Waals surface area contributed by atoms with Crippen LogP contribution in [0.2, 0.25) is 0 Å². The zero-order valence-electron chi connectivity index (χ0n) is 33.6. The number of hydrogen-bond acceptors (Lipinski definition) is 9. The second-order valence-electron chi connectivity index (χ2n) is 16.0. The number of carboxylic acid groups (broad SMARTS) is 1. The van der Waals surface area contributed by atoms with E-state index in [-0.39, 0.29) is 79.4 Å². The number of benzene rings is 2. The van der Waals surface area contributed by atoms with Gasteiger partial charge >= 0.3 is 5.97 Å². The van der Waals surface area contributed by atoms with Gasteiger partial charge in [-0.1, -0.05) is 76.6 Å². The first-order valence-electron chi connectivity index (χ1n) is 20.1. The average Bonchev–Trinajstić information content (AvgIpc) is 3.89. The summed E-state index contributed by atoms with van der Waals surface area (Å²) < 4.78 is 0.